The molecule has 5 rings (SSSR count). The zero-order valence-electron chi connectivity index (χ0n) is 16.8. The zero-order valence-corrected chi connectivity index (χ0v) is 16.8. The number of imidazole rings is 1. The molecule has 9 nitrogen and oxygen atoms in total. The molecule has 0 spiro atoms. The summed E-state index contributed by atoms with van der Waals surface area (Å²) < 4.78 is 15.7. The average molecular weight is 420 g/mol. The molecule has 0 saturated heterocycles. The first kappa shape index (κ1) is 19.0. The van der Waals surface area contributed by atoms with Crippen LogP contribution in [-0.2, 0) is 11.2 Å². The van der Waals surface area contributed by atoms with Gasteiger partial charge in [-0.05, 0) is 35.9 Å². The van der Waals surface area contributed by atoms with Gasteiger partial charge in [0, 0.05) is 24.3 Å². The molecule has 3 aromatic rings. The molecule has 3 heterocycles. The summed E-state index contributed by atoms with van der Waals surface area (Å²) in [4.78, 5) is 34.5. The molecular formula is C22H20N4O5. The number of urea groups is 1. The standard InChI is InChI=1S/C22H20N4O5/c1-29-21(27)14-3-2-4-15(9-14)25-22(28)26-8-7-16-19(24-11-23-16)20(26)13-5-6-17-18(10-13)31-12-30-17/h2-6,9-11,20H,7-8,12H2,1H3,(H,23,24)(H,25,28)/t20-/m0/s1. The molecule has 0 saturated carbocycles. The number of methoxy groups -OCH3 is 1. The number of esters is 1. The quantitative estimate of drug-likeness (QED) is 0.631. The number of fused-ring (bicyclic) bond motifs is 2. The van der Waals surface area contributed by atoms with Crippen molar-refractivity contribution in [2.24, 2.45) is 0 Å². The number of benzene rings is 2. The van der Waals surface area contributed by atoms with Crippen molar-refractivity contribution < 1.29 is 23.8 Å². The lowest BCUT2D eigenvalue weighted by Crippen LogP contribution is -2.43. The summed E-state index contributed by atoms with van der Waals surface area (Å²) >= 11 is 0. The highest BCUT2D eigenvalue weighted by atomic mass is 16.7. The monoisotopic (exact) mass is 420 g/mol. The van der Waals surface area contributed by atoms with Crippen LogP contribution >= 0.6 is 0 Å². The highest BCUT2D eigenvalue weighted by Crippen LogP contribution is 2.39. The van der Waals surface area contributed by atoms with E-state index in [-0.39, 0.29) is 12.8 Å². The number of hydrogen-bond donors (Lipinski definition) is 2. The summed E-state index contributed by atoms with van der Waals surface area (Å²) in [5.74, 6) is 0.859. The van der Waals surface area contributed by atoms with Crippen molar-refractivity contribution in [3.8, 4) is 11.5 Å². The van der Waals surface area contributed by atoms with Gasteiger partial charge >= 0.3 is 12.0 Å². The third-order valence-corrected chi connectivity index (χ3v) is 5.43. The molecule has 2 amide bonds. The Morgan fingerprint density at radius 2 is 2.06 bits per heavy atom. The van der Waals surface area contributed by atoms with Gasteiger partial charge in [0.15, 0.2) is 11.5 Å². The minimum Gasteiger partial charge on any atom is -0.465 e. The van der Waals surface area contributed by atoms with Gasteiger partial charge in [0.2, 0.25) is 6.79 Å². The Hall–Kier alpha value is -4.01. The van der Waals surface area contributed by atoms with Crippen LogP contribution in [0.5, 0.6) is 11.5 Å². The summed E-state index contributed by atoms with van der Waals surface area (Å²) in [5, 5.41) is 2.89. The number of nitrogens with one attached hydrogen (secondary N) is 2. The molecule has 2 aliphatic rings. The number of amides is 2. The minimum absolute atomic E-state index is 0.178. The Labute approximate surface area is 177 Å². The Bertz CT molecular complexity index is 1160. The Balaban J connectivity index is 1.46. The first-order valence-electron chi connectivity index (χ1n) is 9.82. The molecule has 0 fully saturated rings. The van der Waals surface area contributed by atoms with E-state index in [0.717, 1.165) is 17.0 Å². The molecule has 2 aromatic carbocycles. The number of aromatic amines is 1. The smallest absolute Gasteiger partial charge is 0.337 e. The molecule has 0 radical (unpaired) electrons. The van der Waals surface area contributed by atoms with Crippen LogP contribution in [0.3, 0.4) is 0 Å². The summed E-state index contributed by atoms with van der Waals surface area (Å²) in [6, 6.07) is 11.6. The third kappa shape index (κ3) is 3.43. The Morgan fingerprint density at radius 1 is 1.19 bits per heavy atom. The maximum absolute atomic E-state index is 13.3. The van der Waals surface area contributed by atoms with Crippen LogP contribution < -0.4 is 14.8 Å². The predicted molar refractivity (Wildman–Crippen MR) is 110 cm³/mol. The molecule has 158 valence electrons. The Kier molecular flexibility index (Phi) is 4.70. The van der Waals surface area contributed by atoms with Gasteiger partial charge in [-0.2, -0.15) is 0 Å². The number of anilines is 1. The fourth-order valence-electron chi connectivity index (χ4n) is 3.95. The molecule has 2 aliphatic heterocycles. The zero-order chi connectivity index (χ0) is 21.4. The minimum atomic E-state index is -0.464. The second-order valence-corrected chi connectivity index (χ2v) is 7.23. The summed E-state index contributed by atoms with van der Waals surface area (Å²) in [6.07, 6.45) is 2.30. The van der Waals surface area contributed by atoms with Gasteiger partial charge in [-0.15, -0.1) is 0 Å². The highest BCUT2D eigenvalue weighted by molar-refractivity contribution is 5.94. The van der Waals surface area contributed by atoms with Crippen LogP contribution in [0, 0.1) is 0 Å². The van der Waals surface area contributed by atoms with Crippen molar-refractivity contribution in [2.45, 2.75) is 12.5 Å². The van der Waals surface area contributed by atoms with Crippen molar-refractivity contribution in [2.75, 3.05) is 25.8 Å². The number of rotatable bonds is 3. The lowest BCUT2D eigenvalue weighted by atomic mass is 9.95. The molecule has 1 atom stereocenters. The number of aromatic nitrogens is 2. The molecule has 0 unspecified atom stereocenters. The number of carbonyl (C=O) groups excluding carboxylic acids is 2. The number of H-pyrrole nitrogens is 1. The van der Waals surface area contributed by atoms with E-state index < -0.39 is 12.0 Å². The van der Waals surface area contributed by atoms with Gasteiger partial charge in [0.05, 0.1) is 24.7 Å². The van der Waals surface area contributed by atoms with Gasteiger partial charge in [0.25, 0.3) is 0 Å². The largest absolute Gasteiger partial charge is 0.465 e. The molecule has 2 N–H and O–H groups in total. The van der Waals surface area contributed by atoms with Crippen LogP contribution in [-0.4, -0.2) is 47.3 Å². The fraction of sp³-hybridized carbons (Fsp3) is 0.227. The lowest BCUT2D eigenvalue weighted by molar-refractivity contribution is 0.0600. The maximum atomic E-state index is 13.3. The van der Waals surface area contributed by atoms with Crippen LogP contribution in [0.1, 0.15) is 33.4 Å². The SMILES string of the molecule is COC(=O)c1cccc(NC(=O)N2CCc3[nH]cnc3[C@@H]2c2ccc3c(c2)OCO3)c1. The van der Waals surface area contributed by atoms with Gasteiger partial charge in [-0.3, -0.25) is 0 Å². The molecule has 9 heteroatoms. The van der Waals surface area contributed by atoms with Crippen LogP contribution in [0.4, 0.5) is 10.5 Å². The van der Waals surface area contributed by atoms with E-state index in [0.29, 0.717) is 35.7 Å². The summed E-state index contributed by atoms with van der Waals surface area (Å²) in [7, 11) is 1.32. The van der Waals surface area contributed by atoms with Crippen LogP contribution in [0.15, 0.2) is 48.8 Å². The second kappa shape index (κ2) is 7.67. The van der Waals surface area contributed by atoms with Gasteiger partial charge in [0.1, 0.15) is 6.04 Å². The summed E-state index contributed by atoms with van der Waals surface area (Å²) in [5.41, 5.74) is 3.53. The van der Waals surface area contributed by atoms with E-state index >= 15 is 0 Å². The van der Waals surface area contributed by atoms with Gasteiger partial charge < -0.3 is 29.4 Å². The van der Waals surface area contributed by atoms with Crippen molar-refractivity contribution >= 4 is 17.7 Å². The second-order valence-electron chi connectivity index (χ2n) is 7.23. The number of carbonyl (C=O) groups is 2. The van der Waals surface area contributed by atoms with Crippen molar-refractivity contribution in [3.05, 3.63) is 71.3 Å². The van der Waals surface area contributed by atoms with E-state index in [2.05, 4.69) is 15.3 Å². The van der Waals surface area contributed by atoms with Gasteiger partial charge in [-0.1, -0.05) is 12.1 Å². The van der Waals surface area contributed by atoms with Crippen LogP contribution in [0.2, 0.25) is 0 Å². The predicted octanol–water partition coefficient (Wildman–Crippen LogP) is 3.10. The number of hydrogen-bond acceptors (Lipinski definition) is 6. The number of nitrogens with zero attached hydrogens (tertiary/aromatic N) is 2. The average Bonchev–Trinajstić information content (AvgIpc) is 3.46. The molecule has 1 aromatic heterocycles. The summed E-state index contributed by atoms with van der Waals surface area (Å²) in [6.45, 7) is 0.675. The Morgan fingerprint density at radius 3 is 2.94 bits per heavy atom. The lowest BCUT2D eigenvalue weighted by Gasteiger charge is -2.35. The van der Waals surface area contributed by atoms with E-state index in [1.165, 1.54) is 7.11 Å². The van der Waals surface area contributed by atoms with Crippen molar-refractivity contribution in [1.29, 1.82) is 0 Å². The van der Waals surface area contributed by atoms with E-state index in [1.54, 1.807) is 35.5 Å². The third-order valence-electron chi connectivity index (χ3n) is 5.43. The first-order valence-corrected chi connectivity index (χ1v) is 9.82. The van der Waals surface area contributed by atoms with Crippen molar-refractivity contribution in [1.82, 2.24) is 14.9 Å². The maximum Gasteiger partial charge on any atom is 0.337 e. The molecule has 0 bridgehead atoms. The normalized spacial score (nSPS) is 16.5. The van der Waals surface area contributed by atoms with E-state index in [1.807, 2.05) is 18.2 Å². The highest BCUT2D eigenvalue weighted by Gasteiger charge is 2.35. The molecular weight excluding hydrogens is 400 g/mol. The van der Waals surface area contributed by atoms with E-state index in [9.17, 15) is 9.59 Å². The first-order chi connectivity index (χ1) is 15.1. The van der Waals surface area contributed by atoms with Gasteiger partial charge in [-0.25, -0.2) is 14.6 Å². The van der Waals surface area contributed by atoms with Crippen molar-refractivity contribution in [3.63, 3.8) is 0 Å². The topological polar surface area (TPSA) is 106 Å². The van der Waals surface area contributed by atoms with E-state index in [4.69, 9.17) is 14.2 Å². The molecule has 0 aliphatic carbocycles. The fourth-order valence-corrected chi connectivity index (χ4v) is 3.95. The van der Waals surface area contributed by atoms with Crippen LogP contribution in [0.25, 0.3) is 0 Å². The number of ether oxygens (including phenoxy) is 3. The molecule has 31 heavy (non-hydrogen) atoms.